The third-order valence-corrected chi connectivity index (χ3v) is 8.98. The molecule has 36 heavy (non-hydrogen) atoms. The van der Waals surface area contributed by atoms with E-state index in [0.717, 1.165) is 37.1 Å². The molecule has 2 bridgehead atoms. The Kier molecular flexibility index (Phi) is 6.34. The van der Waals surface area contributed by atoms with Crippen molar-refractivity contribution in [3.8, 4) is 0 Å². The normalized spacial score (nSPS) is 29.0. The number of aromatic nitrogens is 2. The lowest BCUT2D eigenvalue weighted by Crippen LogP contribution is -2.52. The highest BCUT2D eigenvalue weighted by Gasteiger charge is 2.49. The molecule has 1 amide bonds. The lowest BCUT2D eigenvalue weighted by molar-refractivity contribution is -0.125. The molecule has 3 saturated heterocycles. The molecule has 6 nitrogen and oxygen atoms in total. The van der Waals surface area contributed by atoms with Crippen LogP contribution in [-0.4, -0.2) is 51.7 Å². The molecule has 1 aromatic heterocycles. The summed E-state index contributed by atoms with van der Waals surface area (Å²) in [4.78, 5) is 20.6. The topological polar surface area (TPSA) is 59.4 Å². The molecule has 4 heterocycles. The summed E-state index contributed by atoms with van der Waals surface area (Å²) in [5, 5.41) is 3.38. The number of imidazole rings is 1. The number of rotatable bonds is 7. The summed E-state index contributed by atoms with van der Waals surface area (Å²) >= 11 is 0. The highest BCUT2D eigenvalue weighted by molar-refractivity contribution is 5.79. The number of amides is 1. The lowest BCUT2D eigenvalue weighted by Gasteiger charge is -2.47. The molecule has 5 atom stereocenters. The molecule has 3 fully saturated rings. The number of ether oxygens (including phenoxy) is 1. The van der Waals surface area contributed by atoms with Gasteiger partial charge in [-0.25, -0.2) is 4.98 Å². The zero-order valence-corrected chi connectivity index (χ0v) is 21.5. The second-order valence-corrected chi connectivity index (χ2v) is 11.3. The van der Waals surface area contributed by atoms with Gasteiger partial charge in [0.05, 0.1) is 29.6 Å². The number of nitrogens with one attached hydrogen (secondary N) is 1. The predicted octanol–water partition coefficient (Wildman–Crippen LogP) is 5.19. The number of aryl methyl sites for hydroxylation is 1. The molecular formula is C30H38N4O2. The van der Waals surface area contributed by atoms with E-state index in [4.69, 9.17) is 9.72 Å². The summed E-state index contributed by atoms with van der Waals surface area (Å²) in [5.41, 5.74) is 3.73. The summed E-state index contributed by atoms with van der Waals surface area (Å²) in [5.74, 6) is 1.24. The van der Waals surface area contributed by atoms with Gasteiger partial charge in [0, 0.05) is 30.8 Å². The summed E-state index contributed by atoms with van der Waals surface area (Å²) in [6.45, 7) is 6.84. The van der Waals surface area contributed by atoms with Gasteiger partial charge in [0.1, 0.15) is 5.82 Å². The maximum Gasteiger partial charge on any atom is 0.226 e. The van der Waals surface area contributed by atoms with Gasteiger partial charge in [-0.1, -0.05) is 42.5 Å². The average Bonchev–Trinajstić information content (AvgIpc) is 3.58. The Hall–Kier alpha value is -2.70. The van der Waals surface area contributed by atoms with Crippen molar-refractivity contribution in [2.75, 3.05) is 19.8 Å². The van der Waals surface area contributed by atoms with Crippen molar-refractivity contribution in [3.63, 3.8) is 0 Å². The molecular weight excluding hydrogens is 448 g/mol. The van der Waals surface area contributed by atoms with Crippen LogP contribution in [-0.2, 0) is 9.53 Å². The lowest BCUT2D eigenvalue weighted by atomic mass is 9.86. The van der Waals surface area contributed by atoms with Gasteiger partial charge >= 0.3 is 0 Å². The first kappa shape index (κ1) is 23.7. The van der Waals surface area contributed by atoms with E-state index in [0.29, 0.717) is 25.3 Å². The molecule has 0 radical (unpaired) electrons. The Labute approximate surface area is 214 Å². The highest BCUT2D eigenvalue weighted by atomic mass is 16.5. The van der Waals surface area contributed by atoms with E-state index in [1.165, 1.54) is 30.3 Å². The second kappa shape index (κ2) is 9.64. The minimum absolute atomic E-state index is 0.0195. The number of hydrogen-bond donors (Lipinski definition) is 1. The number of carbonyl (C=O) groups excluding carboxylic acids is 1. The van der Waals surface area contributed by atoms with Gasteiger partial charge in [0.15, 0.2) is 0 Å². The number of para-hydroxylation sites is 2. The van der Waals surface area contributed by atoms with Crippen LogP contribution in [0.3, 0.4) is 0 Å². The van der Waals surface area contributed by atoms with Crippen LogP contribution in [0.1, 0.15) is 68.9 Å². The number of nitrogens with zero attached hydrogens (tertiary/aromatic N) is 3. The fourth-order valence-corrected chi connectivity index (χ4v) is 7.17. The zero-order chi connectivity index (χ0) is 24.7. The Bertz CT molecular complexity index is 1220. The van der Waals surface area contributed by atoms with Crippen LogP contribution in [0, 0.1) is 12.8 Å². The largest absolute Gasteiger partial charge is 0.381 e. The van der Waals surface area contributed by atoms with Gasteiger partial charge in [0.25, 0.3) is 0 Å². The molecule has 1 N–H and O–H groups in total. The van der Waals surface area contributed by atoms with E-state index in [1.54, 1.807) is 0 Å². The van der Waals surface area contributed by atoms with E-state index in [-0.39, 0.29) is 23.4 Å². The Morgan fingerprint density at radius 1 is 1.14 bits per heavy atom. The van der Waals surface area contributed by atoms with Crippen LogP contribution in [0.5, 0.6) is 0 Å². The van der Waals surface area contributed by atoms with Gasteiger partial charge in [0.2, 0.25) is 5.91 Å². The number of piperidine rings is 1. The van der Waals surface area contributed by atoms with Gasteiger partial charge in [-0.2, -0.15) is 0 Å². The fourth-order valence-electron chi connectivity index (χ4n) is 7.17. The minimum atomic E-state index is -0.0195. The number of carbonyl (C=O) groups is 1. The van der Waals surface area contributed by atoms with Gasteiger partial charge in [-0.05, 0) is 70.1 Å². The molecule has 4 unspecified atom stereocenters. The molecule has 0 aliphatic carbocycles. The van der Waals surface area contributed by atoms with Crippen LogP contribution in [0.4, 0.5) is 0 Å². The van der Waals surface area contributed by atoms with Crippen molar-refractivity contribution in [3.05, 3.63) is 66.0 Å². The van der Waals surface area contributed by atoms with E-state index in [2.05, 4.69) is 77.2 Å². The predicted molar refractivity (Wildman–Crippen MR) is 142 cm³/mol. The SMILES string of the molecule is Cc1nc2ccccc2n1C1CC2CCC(C)(C1)N2CC[C@H](NC(=O)C1CCOC1)c1ccccc1. The van der Waals surface area contributed by atoms with Crippen molar-refractivity contribution in [2.24, 2.45) is 5.92 Å². The Morgan fingerprint density at radius 2 is 1.94 bits per heavy atom. The van der Waals surface area contributed by atoms with E-state index < -0.39 is 0 Å². The Balaban J connectivity index is 1.18. The average molecular weight is 487 g/mol. The van der Waals surface area contributed by atoms with Gasteiger partial charge in [-0.3, -0.25) is 9.69 Å². The molecule has 6 heteroatoms. The molecule has 3 aliphatic rings. The fraction of sp³-hybridized carbons (Fsp3) is 0.533. The summed E-state index contributed by atoms with van der Waals surface area (Å²) in [6.07, 6.45) is 6.55. The smallest absolute Gasteiger partial charge is 0.226 e. The van der Waals surface area contributed by atoms with Crippen molar-refractivity contribution >= 4 is 16.9 Å². The van der Waals surface area contributed by atoms with E-state index in [1.807, 2.05) is 6.07 Å². The van der Waals surface area contributed by atoms with Gasteiger partial charge < -0.3 is 14.6 Å². The van der Waals surface area contributed by atoms with Crippen LogP contribution in [0.2, 0.25) is 0 Å². The summed E-state index contributed by atoms with van der Waals surface area (Å²) in [6, 6.07) is 20.1. The molecule has 0 spiro atoms. The molecule has 190 valence electrons. The summed E-state index contributed by atoms with van der Waals surface area (Å²) < 4.78 is 7.97. The quantitative estimate of drug-likeness (QED) is 0.500. The van der Waals surface area contributed by atoms with Crippen LogP contribution < -0.4 is 5.32 Å². The van der Waals surface area contributed by atoms with Gasteiger partial charge in [-0.15, -0.1) is 0 Å². The minimum Gasteiger partial charge on any atom is -0.381 e. The third kappa shape index (κ3) is 4.35. The van der Waals surface area contributed by atoms with Crippen molar-refractivity contribution in [1.82, 2.24) is 19.8 Å². The molecule has 3 aromatic rings. The third-order valence-electron chi connectivity index (χ3n) is 8.98. The van der Waals surface area contributed by atoms with E-state index in [9.17, 15) is 4.79 Å². The molecule has 0 saturated carbocycles. The number of fused-ring (bicyclic) bond motifs is 3. The van der Waals surface area contributed by atoms with Crippen LogP contribution >= 0.6 is 0 Å². The highest BCUT2D eigenvalue weighted by Crippen LogP contribution is 2.49. The standard InChI is InChI=1S/C30H38N4O2/c1-21-31-27-10-6-7-11-28(27)34(21)25-18-24-12-15-30(2,19-25)33(24)16-13-26(22-8-4-3-5-9-22)32-29(35)23-14-17-36-20-23/h3-11,23-26H,12-20H2,1-2H3,(H,32,35)/t23?,24?,25?,26-,30?/m0/s1. The maximum atomic E-state index is 13.0. The molecule has 2 aromatic carbocycles. The maximum absolute atomic E-state index is 13.0. The van der Waals surface area contributed by atoms with Crippen LogP contribution in [0.25, 0.3) is 11.0 Å². The number of hydrogen-bond acceptors (Lipinski definition) is 4. The first-order chi connectivity index (χ1) is 17.5. The van der Waals surface area contributed by atoms with Crippen molar-refractivity contribution < 1.29 is 9.53 Å². The molecule has 3 aliphatic heterocycles. The first-order valence-electron chi connectivity index (χ1n) is 13.7. The number of benzene rings is 2. The zero-order valence-electron chi connectivity index (χ0n) is 21.5. The van der Waals surface area contributed by atoms with Crippen molar-refractivity contribution in [1.29, 1.82) is 0 Å². The van der Waals surface area contributed by atoms with Crippen LogP contribution in [0.15, 0.2) is 54.6 Å². The Morgan fingerprint density at radius 3 is 2.72 bits per heavy atom. The second-order valence-electron chi connectivity index (χ2n) is 11.3. The molecule has 6 rings (SSSR count). The van der Waals surface area contributed by atoms with Crippen molar-refractivity contribution in [2.45, 2.75) is 76.0 Å². The summed E-state index contributed by atoms with van der Waals surface area (Å²) in [7, 11) is 0. The monoisotopic (exact) mass is 486 g/mol. The van der Waals surface area contributed by atoms with E-state index >= 15 is 0 Å². The first-order valence-corrected chi connectivity index (χ1v) is 13.7.